The van der Waals surface area contributed by atoms with Crippen molar-refractivity contribution in [1.82, 2.24) is 4.98 Å². The van der Waals surface area contributed by atoms with Crippen LogP contribution in [0.1, 0.15) is 74.5 Å². The Hall–Kier alpha value is -2.10. The molecule has 1 aliphatic rings. The molecule has 4 heteroatoms. The number of ketones is 1. The molecule has 128 valence electrons. The molecule has 0 radical (unpaired) electrons. The van der Waals surface area contributed by atoms with Crippen LogP contribution in [0.25, 0.3) is 10.9 Å². The van der Waals surface area contributed by atoms with E-state index in [1.54, 1.807) is 4.90 Å². The Balaban J connectivity index is 2.27. The van der Waals surface area contributed by atoms with Gasteiger partial charge in [-0.1, -0.05) is 13.8 Å². The van der Waals surface area contributed by atoms with Crippen LogP contribution in [0, 0.1) is 0 Å². The van der Waals surface area contributed by atoms with Crippen molar-refractivity contribution in [1.29, 1.82) is 0 Å². The van der Waals surface area contributed by atoms with Crippen LogP contribution in [0.15, 0.2) is 12.1 Å². The van der Waals surface area contributed by atoms with Gasteiger partial charge in [0.25, 0.3) is 0 Å². The van der Waals surface area contributed by atoms with Gasteiger partial charge < -0.3 is 9.88 Å². The van der Waals surface area contributed by atoms with Gasteiger partial charge in [0, 0.05) is 29.1 Å². The molecule has 0 atom stereocenters. The summed E-state index contributed by atoms with van der Waals surface area (Å²) in [5, 5.41) is 1.09. The summed E-state index contributed by atoms with van der Waals surface area (Å²) in [6, 6.07) is 4.32. The molecule has 0 saturated carbocycles. The van der Waals surface area contributed by atoms with E-state index >= 15 is 0 Å². The summed E-state index contributed by atoms with van der Waals surface area (Å²) in [5.41, 5.74) is 5.00. The number of amides is 1. The third-order valence-corrected chi connectivity index (χ3v) is 4.98. The molecule has 0 fully saturated rings. The average Bonchev–Trinajstić information content (AvgIpc) is 2.78. The minimum atomic E-state index is 0.0941. The molecule has 0 saturated heterocycles. The molecule has 2 aromatic rings. The number of aromatic nitrogens is 1. The van der Waals surface area contributed by atoms with Gasteiger partial charge >= 0.3 is 0 Å². The first kappa shape index (κ1) is 16.7. The van der Waals surface area contributed by atoms with Gasteiger partial charge in [-0.3, -0.25) is 9.59 Å². The van der Waals surface area contributed by atoms with E-state index in [2.05, 4.69) is 31.0 Å². The lowest BCUT2D eigenvalue weighted by atomic mass is 9.96. The molecular formula is C20H26N2O2. The minimum absolute atomic E-state index is 0.0941. The molecule has 1 N–H and O–H groups in total. The third kappa shape index (κ3) is 2.74. The maximum atomic E-state index is 12.4. The van der Waals surface area contributed by atoms with E-state index in [-0.39, 0.29) is 11.8 Å². The highest BCUT2D eigenvalue weighted by atomic mass is 16.1. The molecule has 24 heavy (non-hydrogen) atoms. The van der Waals surface area contributed by atoms with Crippen molar-refractivity contribution in [2.24, 2.45) is 0 Å². The van der Waals surface area contributed by atoms with E-state index in [1.165, 1.54) is 0 Å². The van der Waals surface area contributed by atoms with Crippen molar-refractivity contribution in [3.05, 3.63) is 29.0 Å². The topological polar surface area (TPSA) is 53.2 Å². The molecule has 0 spiro atoms. The van der Waals surface area contributed by atoms with Crippen LogP contribution in [0.2, 0.25) is 0 Å². The first-order chi connectivity index (χ1) is 11.4. The second kappa shape index (κ2) is 6.42. The largest absolute Gasteiger partial charge is 0.352 e. The molecule has 0 unspecified atom stereocenters. The second-order valence-electron chi connectivity index (χ2n) is 7.33. The minimum Gasteiger partial charge on any atom is -0.352 e. The Bertz CT molecular complexity index is 787. The summed E-state index contributed by atoms with van der Waals surface area (Å²) in [5.74, 6) is 0.506. The number of hydrogen-bond donors (Lipinski definition) is 1. The Kier molecular flexibility index (Phi) is 4.48. The molecule has 1 amide bonds. The number of nitrogens with one attached hydrogen (secondary N) is 1. The predicted molar refractivity (Wildman–Crippen MR) is 98.0 cm³/mol. The Morgan fingerprint density at radius 2 is 1.83 bits per heavy atom. The maximum absolute atomic E-state index is 12.4. The SMILES string of the molecule is CC(C)c1cc2[nH]c3c(c2cc1N(C=O)C(C)C)CCCCC3=O. The van der Waals surface area contributed by atoms with Gasteiger partial charge in [-0.05, 0) is 62.3 Å². The van der Waals surface area contributed by atoms with Crippen LogP contribution in [0.5, 0.6) is 0 Å². The van der Waals surface area contributed by atoms with E-state index in [0.717, 1.165) is 59.1 Å². The maximum Gasteiger partial charge on any atom is 0.214 e. The number of rotatable bonds is 4. The number of benzene rings is 1. The number of Topliss-reactive ketones (excluding diaryl/α,β-unsaturated/α-hetero) is 1. The molecule has 1 aromatic heterocycles. The van der Waals surface area contributed by atoms with Gasteiger partial charge in [-0.25, -0.2) is 0 Å². The summed E-state index contributed by atoms with van der Waals surface area (Å²) in [7, 11) is 0. The predicted octanol–water partition coefficient (Wildman–Crippen LogP) is 4.57. The lowest BCUT2D eigenvalue weighted by molar-refractivity contribution is -0.107. The highest BCUT2D eigenvalue weighted by Crippen LogP contribution is 2.36. The van der Waals surface area contributed by atoms with Crippen LogP contribution < -0.4 is 4.90 Å². The molecule has 1 aliphatic carbocycles. The number of aryl methyl sites for hydroxylation is 1. The number of aromatic amines is 1. The molecule has 0 bridgehead atoms. The van der Waals surface area contributed by atoms with Crippen molar-refractivity contribution in [3.63, 3.8) is 0 Å². The van der Waals surface area contributed by atoms with Crippen LogP contribution in [-0.4, -0.2) is 23.2 Å². The van der Waals surface area contributed by atoms with Crippen molar-refractivity contribution in [2.75, 3.05) is 4.90 Å². The van der Waals surface area contributed by atoms with Crippen molar-refractivity contribution >= 4 is 28.8 Å². The Morgan fingerprint density at radius 1 is 1.12 bits per heavy atom. The number of hydrogen-bond acceptors (Lipinski definition) is 2. The van der Waals surface area contributed by atoms with Gasteiger partial charge in [0.2, 0.25) is 6.41 Å². The number of carbonyl (C=O) groups excluding carboxylic acids is 2. The van der Waals surface area contributed by atoms with E-state index in [9.17, 15) is 9.59 Å². The van der Waals surface area contributed by atoms with E-state index < -0.39 is 0 Å². The van der Waals surface area contributed by atoms with E-state index in [0.29, 0.717) is 12.3 Å². The Labute approximate surface area is 143 Å². The van der Waals surface area contributed by atoms with Crippen LogP contribution in [-0.2, 0) is 11.2 Å². The van der Waals surface area contributed by atoms with E-state index in [4.69, 9.17) is 0 Å². The zero-order chi connectivity index (χ0) is 17.4. The molecular weight excluding hydrogens is 300 g/mol. The number of anilines is 1. The average molecular weight is 326 g/mol. The monoisotopic (exact) mass is 326 g/mol. The van der Waals surface area contributed by atoms with E-state index in [1.807, 2.05) is 13.8 Å². The first-order valence-electron chi connectivity index (χ1n) is 8.89. The Morgan fingerprint density at radius 3 is 2.46 bits per heavy atom. The summed E-state index contributed by atoms with van der Waals surface area (Å²) in [4.78, 5) is 29.2. The molecule has 1 heterocycles. The van der Waals surface area contributed by atoms with Gasteiger partial charge in [-0.15, -0.1) is 0 Å². The number of carbonyl (C=O) groups is 2. The summed E-state index contributed by atoms with van der Waals surface area (Å²) in [6.07, 6.45) is 4.44. The molecule has 3 rings (SSSR count). The summed E-state index contributed by atoms with van der Waals surface area (Å²) < 4.78 is 0. The lowest BCUT2D eigenvalue weighted by Gasteiger charge is -2.26. The van der Waals surface area contributed by atoms with Crippen molar-refractivity contribution in [3.8, 4) is 0 Å². The fourth-order valence-electron chi connectivity index (χ4n) is 3.66. The normalized spacial score (nSPS) is 15.0. The number of H-pyrrole nitrogens is 1. The van der Waals surface area contributed by atoms with Gasteiger partial charge in [-0.2, -0.15) is 0 Å². The zero-order valence-corrected chi connectivity index (χ0v) is 15.0. The van der Waals surface area contributed by atoms with Crippen LogP contribution >= 0.6 is 0 Å². The fraction of sp³-hybridized carbons (Fsp3) is 0.500. The van der Waals surface area contributed by atoms with Crippen molar-refractivity contribution < 1.29 is 9.59 Å². The van der Waals surface area contributed by atoms with Gasteiger partial charge in [0.15, 0.2) is 5.78 Å². The highest BCUT2D eigenvalue weighted by Gasteiger charge is 2.23. The second-order valence-corrected chi connectivity index (χ2v) is 7.33. The molecule has 4 nitrogen and oxygen atoms in total. The number of fused-ring (bicyclic) bond motifs is 3. The zero-order valence-electron chi connectivity index (χ0n) is 15.0. The quantitative estimate of drug-likeness (QED) is 0.661. The summed E-state index contributed by atoms with van der Waals surface area (Å²) >= 11 is 0. The standard InChI is InChI=1S/C20H26N2O2/c1-12(2)15-9-17-16(10-18(15)22(11-23)13(3)4)14-7-5-6-8-19(24)20(14)21-17/h9-13,21H,5-8H2,1-4H3. The van der Waals surface area contributed by atoms with Crippen LogP contribution in [0.4, 0.5) is 5.69 Å². The molecule has 0 aliphatic heterocycles. The first-order valence-corrected chi connectivity index (χ1v) is 8.89. The highest BCUT2D eigenvalue weighted by molar-refractivity contribution is 6.04. The van der Waals surface area contributed by atoms with Crippen LogP contribution in [0.3, 0.4) is 0 Å². The van der Waals surface area contributed by atoms with Crippen molar-refractivity contribution in [2.45, 2.75) is 65.3 Å². The van der Waals surface area contributed by atoms with Gasteiger partial charge in [0.05, 0.1) is 5.69 Å². The van der Waals surface area contributed by atoms with Gasteiger partial charge in [0.1, 0.15) is 0 Å². The third-order valence-electron chi connectivity index (χ3n) is 4.98. The fourth-order valence-corrected chi connectivity index (χ4v) is 3.66. The lowest BCUT2D eigenvalue weighted by Crippen LogP contribution is -2.30. The smallest absolute Gasteiger partial charge is 0.214 e. The summed E-state index contributed by atoms with van der Waals surface area (Å²) in [6.45, 7) is 8.30. The molecule has 1 aromatic carbocycles. The number of nitrogens with zero attached hydrogens (tertiary/aromatic N) is 1.